The predicted molar refractivity (Wildman–Crippen MR) is 63.3 cm³/mol. The summed E-state index contributed by atoms with van der Waals surface area (Å²) in [6.45, 7) is 5.58. The highest BCUT2D eigenvalue weighted by molar-refractivity contribution is 14.1. The number of hydrogen-bond acceptors (Lipinski definition) is 2. The molecule has 14 heavy (non-hydrogen) atoms. The predicted octanol–water partition coefficient (Wildman–Crippen LogP) is 2.59. The van der Waals surface area contributed by atoms with Crippen LogP contribution in [0.25, 0.3) is 0 Å². The zero-order valence-corrected chi connectivity index (χ0v) is 11.0. The molecule has 1 aromatic heterocycles. The summed E-state index contributed by atoms with van der Waals surface area (Å²) < 4.78 is 8.09. The quantitative estimate of drug-likeness (QED) is 0.590. The number of rotatable bonds is 1. The maximum absolute atomic E-state index is 11.6. The molecule has 1 aromatic rings. The number of hydrogen-bond donors (Lipinski definition) is 0. The Labute approximate surface area is 97.6 Å². The Morgan fingerprint density at radius 1 is 1.43 bits per heavy atom. The van der Waals surface area contributed by atoms with Crippen LogP contribution >= 0.6 is 22.6 Å². The van der Waals surface area contributed by atoms with Crippen LogP contribution in [-0.2, 0) is 11.8 Å². The van der Waals surface area contributed by atoms with Gasteiger partial charge in [0.05, 0.1) is 3.70 Å². The topological polar surface area (TPSA) is 31.2 Å². The van der Waals surface area contributed by atoms with Crippen molar-refractivity contribution in [3.8, 4) is 0 Å². The van der Waals surface area contributed by atoms with Crippen molar-refractivity contribution >= 4 is 28.6 Å². The zero-order chi connectivity index (χ0) is 10.9. The lowest BCUT2D eigenvalue weighted by atomic mass is 10.2. The van der Waals surface area contributed by atoms with Gasteiger partial charge in [-0.3, -0.25) is 0 Å². The van der Waals surface area contributed by atoms with Crippen LogP contribution in [0.5, 0.6) is 0 Å². The van der Waals surface area contributed by atoms with E-state index in [1.165, 1.54) is 0 Å². The number of carbonyl (C=O) groups excluding carboxylic acids is 1. The molecule has 0 spiro atoms. The summed E-state index contributed by atoms with van der Waals surface area (Å²) in [5, 5.41) is 0. The molecule has 0 saturated heterocycles. The fourth-order valence-electron chi connectivity index (χ4n) is 1.02. The molecule has 78 valence electrons. The van der Waals surface area contributed by atoms with Gasteiger partial charge in [0.25, 0.3) is 0 Å². The van der Waals surface area contributed by atoms with Crippen LogP contribution in [0, 0.1) is 3.70 Å². The molecule has 0 atom stereocenters. The first-order valence-corrected chi connectivity index (χ1v) is 5.44. The van der Waals surface area contributed by atoms with E-state index in [1.807, 2.05) is 38.5 Å². The van der Waals surface area contributed by atoms with Gasteiger partial charge in [-0.25, -0.2) is 4.79 Å². The Bertz CT molecular complexity index is 349. The fraction of sp³-hybridized carbons (Fsp3) is 0.500. The maximum atomic E-state index is 11.6. The van der Waals surface area contributed by atoms with E-state index in [-0.39, 0.29) is 5.97 Å². The van der Waals surface area contributed by atoms with Crippen molar-refractivity contribution in [2.75, 3.05) is 0 Å². The Hall–Kier alpha value is -0.520. The minimum Gasteiger partial charge on any atom is -0.455 e. The second-order valence-electron chi connectivity index (χ2n) is 4.10. The molecule has 0 radical (unpaired) electrons. The number of aromatic nitrogens is 1. The molecule has 0 aliphatic rings. The van der Waals surface area contributed by atoms with E-state index in [2.05, 4.69) is 22.6 Å². The molecule has 1 rings (SSSR count). The summed E-state index contributed by atoms with van der Waals surface area (Å²) >= 11 is 2.17. The molecule has 0 unspecified atom stereocenters. The van der Waals surface area contributed by atoms with Crippen LogP contribution in [0.2, 0.25) is 0 Å². The molecule has 0 aliphatic heterocycles. The summed E-state index contributed by atoms with van der Waals surface area (Å²) in [5.74, 6) is -0.275. The Balaban J connectivity index is 2.86. The van der Waals surface area contributed by atoms with Gasteiger partial charge >= 0.3 is 5.97 Å². The molecule has 3 nitrogen and oxygen atoms in total. The molecule has 0 fully saturated rings. The van der Waals surface area contributed by atoms with Crippen molar-refractivity contribution < 1.29 is 9.53 Å². The highest BCUT2D eigenvalue weighted by Crippen LogP contribution is 2.15. The van der Waals surface area contributed by atoms with Crippen molar-refractivity contribution in [2.45, 2.75) is 26.4 Å². The van der Waals surface area contributed by atoms with Crippen LogP contribution in [0.1, 0.15) is 31.3 Å². The number of nitrogens with zero attached hydrogens (tertiary/aromatic N) is 1. The normalized spacial score (nSPS) is 11.5. The van der Waals surface area contributed by atoms with Crippen LogP contribution in [0.3, 0.4) is 0 Å². The SMILES string of the molecule is Cn1c(I)ccc1C(=O)OC(C)(C)C. The van der Waals surface area contributed by atoms with Crippen LogP contribution in [0.15, 0.2) is 12.1 Å². The van der Waals surface area contributed by atoms with E-state index in [1.54, 1.807) is 6.07 Å². The molecule has 0 amide bonds. The third kappa shape index (κ3) is 2.73. The van der Waals surface area contributed by atoms with Crippen molar-refractivity contribution in [1.29, 1.82) is 0 Å². The van der Waals surface area contributed by atoms with E-state index in [4.69, 9.17) is 4.74 Å². The lowest BCUT2D eigenvalue weighted by Crippen LogP contribution is -2.25. The molecule has 4 heteroatoms. The first-order valence-electron chi connectivity index (χ1n) is 4.36. The van der Waals surface area contributed by atoms with Gasteiger partial charge in [0, 0.05) is 7.05 Å². The summed E-state index contributed by atoms with van der Waals surface area (Å²) in [6.07, 6.45) is 0. The highest BCUT2D eigenvalue weighted by Gasteiger charge is 2.20. The van der Waals surface area contributed by atoms with E-state index in [9.17, 15) is 4.79 Å². The van der Waals surface area contributed by atoms with E-state index < -0.39 is 5.60 Å². The fourth-order valence-corrected chi connectivity index (χ4v) is 1.46. The van der Waals surface area contributed by atoms with Gasteiger partial charge < -0.3 is 9.30 Å². The largest absolute Gasteiger partial charge is 0.455 e. The number of halogens is 1. The zero-order valence-electron chi connectivity index (χ0n) is 8.80. The summed E-state index contributed by atoms with van der Waals surface area (Å²) in [7, 11) is 1.85. The summed E-state index contributed by atoms with van der Waals surface area (Å²) in [5.41, 5.74) is 0.150. The first kappa shape index (κ1) is 11.6. The third-order valence-corrected chi connectivity index (χ3v) is 2.75. The van der Waals surface area contributed by atoms with Crippen molar-refractivity contribution in [2.24, 2.45) is 7.05 Å². The minimum absolute atomic E-state index is 0.275. The highest BCUT2D eigenvalue weighted by atomic mass is 127. The first-order chi connectivity index (χ1) is 6.31. The smallest absolute Gasteiger partial charge is 0.355 e. The number of esters is 1. The number of ether oxygens (including phenoxy) is 1. The summed E-state index contributed by atoms with van der Waals surface area (Å²) in [6, 6.07) is 3.66. The second-order valence-corrected chi connectivity index (χ2v) is 5.21. The van der Waals surface area contributed by atoms with Crippen LogP contribution in [0.4, 0.5) is 0 Å². The van der Waals surface area contributed by atoms with E-state index in [0.717, 1.165) is 3.70 Å². The number of carbonyl (C=O) groups is 1. The average Bonchev–Trinajstić information content (AvgIpc) is 2.29. The van der Waals surface area contributed by atoms with Crippen LogP contribution in [-0.4, -0.2) is 16.1 Å². The van der Waals surface area contributed by atoms with Gasteiger partial charge in [-0.15, -0.1) is 0 Å². The third-order valence-electron chi connectivity index (χ3n) is 1.67. The second kappa shape index (κ2) is 3.92. The maximum Gasteiger partial charge on any atom is 0.355 e. The molecule has 0 aliphatic carbocycles. The van der Waals surface area contributed by atoms with Crippen molar-refractivity contribution in [3.63, 3.8) is 0 Å². The standard InChI is InChI=1S/C10H14INO2/c1-10(2,3)14-9(13)7-5-6-8(11)12(7)4/h5-6H,1-4H3. The van der Waals surface area contributed by atoms with Gasteiger partial charge in [-0.2, -0.15) is 0 Å². The van der Waals surface area contributed by atoms with Gasteiger partial charge in [0.15, 0.2) is 0 Å². The van der Waals surface area contributed by atoms with Crippen LogP contribution < -0.4 is 0 Å². The molecular formula is C10H14INO2. The van der Waals surface area contributed by atoms with Gasteiger partial charge in [-0.1, -0.05) is 0 Å². The monoisotopic (exact) mass is 307 g/mol. The lowest BCUT2D eigenvalue weighted by Gasteiger charge is -2.19. The molecule has 0 saturated carbocycles. The Morgan fingerprint density at radius 3 is 2.36 bits per heavy atom. The van der Waals surface area contributed by atoms with E-state index >= 15 is 0 Å². The van der Waals surface area contributed by atoms with Gasteiger partial charge in [0.2, 0.25) is 0 Å². The molecule has 0 bridgehead atoms. The molecule has 0 aromatic carbocycles. The molecule has 0 N–H and O–H groups in total. The lowest BCUT2D eigenvalue weighted by molar-refractivity contribution is 0.00588. The van der Waals surface area contributed by atoms with E-state index in [0.29, 0.717) is 5.69 Å². The van der Waals surface area contributed by atoms with Crippen molar-refractivity contribution in [3.05, 3.63) is 21.5 Å². The van der Waals surface area contributed by atoms with Gasteiger partial charge in [0.1, 0.15) is 11.3 Å². The Kier molecular flexibility index (Phi) is 3.24. The summed E-state index contributed by atoms with van der Waals surface area (Å²) in [4.78, 5) is 11.6. The van der Waals surface area contributed by atoms with Crippen molar-refractivity contribution in [1.82, 2.24) is 4.57 Å². The molecule has 1 heterocycles. The average molecular weight is 307 g/mol. The minimum atomic E-state index is -0.438. The Morgan fingerprint density at radius 2 is 2.00 bits per heavy atom. The van der Waals surface area contributed by atoms with Gasteiger partial charge in [-0.05, 0) is 55.5 Å². The molecular weight excluding hydrogens is 293 g/mol.